The molecule has 0 bridgehead atoms. The van der Waals surface area contributed by atoms with Gasteiger partial charge in [-0.25, -0.2) is 0 Å². The second-order valence-corrected chi connectivity index (χ2v) is 18.3. The maximum absolute atomic E-state index is 6.40. The third kappa shape index (κ3) is 3.95. The highest BCUT2D eigenvalue weighted by molar-refractivity contribution is 7.54. The van der Waals surface area contributed by atoms with Gasteiger partial charge in [0.15, 0.2) is 7.38 Å². The van der Waals surface area contributed by atoms with Crippen LogP contribution in [0.1, 0.15) is 0 Å². The normalized spacial score (nSPS) is 12.9. The smallest absolute Gasteiger partial charge is 0.168 e. The zero-order valence-electron chi connectivity index (χ0n) is 8.23. The zero-order chi connectivity index (χ0) is 10.8. The second-order valence-electron chi connectivity index (χ2n) is 3.97. The van der Waals surface area contributed by atoms with E-state index in [0.717, 1.165) is 10.9 Å². The maximum atomic E-state index is 6.40. The SMILES string of the molecule is C[Si](C)(Cl)C[Si](Cl)(Cl)c1ccccc1. The predicted octanol–water partition coefficient (Wildman–Crippen LogP) is 3.80. The van der Waals surface area contributed by atoms with Crippen molar-refractivity contribution in [2.45, 2.75) is 18.8 Å². The van der Waals surface area contributed by atoms with Crippen LogP contribution >= 0.6 is 33.2 Å². The zero-order valence-corrected chi connectivity index (χ0v) is 12.5. The molecule has 14 heavy (non-hydrogen) atoms. The molecule has 0 saturated heterocycles. The minimum absolute atomic E-state index is 0.786. The van der Waals surface area contributed by atoms with Crippen LogP contribution in [0, 0.1) is 0 Å². The molecule has 0 fully saturated rings. The van der Waals surface area contributed by atoms with Gasteiger partial charge in [-0.15, -0.1) is 22.2 Å². The molecule has 0 amide bonds. The van der Waals surface area contributed by atoms with Crippen LogP contribution in [0.3, 0.4) is 0 Å². The van der Waals surface area contributed by atoms with E-state index in [1.807, 2.05) is 30.3 Å². The number of benzene rings is 1. The fourth-order valence-electron chi connectivity index (χ4n) is 1.31. The monoisotopic (exact) mass is 282 g/mol. The van der Waals surface area contributed by atoms with Crippen molar-refractivity contribution in [3.63, 3.8) is 0 Å². The summed E-state index contributed by atoms with van der Waals surface area (Å²) in [5.74, 6) is 0. The van der Waals surface area contributed by atoms with Crippen molar-refractivity contribution < 1.29 is 0 Å². The lowest BCUT2D eigenvalue weighted by molar-refractivity contribution is 1.70. The van der Waals surface area contributed by atoms with Crippen molar-refractivity contribution in [1.82, 2.24) is 0 Å². The molecule has 0 nitrogen and oxygen atoms in total. The molecule has 0 spiro atoms. The van der Waals surface area contributed by atoms with Crippen molar-refractivity contribution in [1.29, 1.82) is 0 Å². The first-order chi connectivity index (χ1) is 6.31. The van der Waals surface area contributed by atoms with Gasteiger partial charge >= 0.3 is 0 Å². The lowest BCUT2D eigenvalue weighted by Crippen LogP contribution is -2.42. The molecule has 1 aromatic carbocycles. The third-order valence-electron chi connectivity index (χ3n) is 1.84. The van der Waals surface area contributed by atoms with Crippen LogP contribution in [-0.2, 0) is 0 Å². The number of halogens is 3. The highest BCUT2D eigenvalue weighted by Gasteiger charge is 2.37. The summed E-state index contributed by atoms with van der Waals surface area (Å²) in [4.78, 5) is 0. The Bertz CT molecular complexity index is 293. The van der Waals surface area contributed by atoms with E-state index in [-0.39, 0.29) is 0 Å². The van der Waals surface area contributed by atoms with E-state index in [4.69, 9.17) is 33.2 Å². The molecule has 0 heterocycles. The Morgan fingerprint density at radius 3 is 1.93 bits per heavy atom. The van der Waals surface area contributed by atoms with Crippen molar-refractivity contribution in [3.8, 4) is 0 Å². The molecule has 0 radical (unpaired) electrons. The number of hydrogen-bond donors (Lipinski definition) is 0. The van der Waals surface area contributed by atoms with Crippen LogP contribution in [0.15, 0.2) is 30.3 Å². The van der Waals surface area contributed by atoms with Gasteiger partial charge in [0.25, 0.3) is 6.69 Å². The summed E-state index contributed by atoms with van der Waals surface area (Å²) in [5.41, 5.74) is 0.786. The van der Waals surface area contributed by atoms with Crippen molar-refractivity contribution in [2.24, 2.45) is 0 Å². The van der Waals surface area contributed by atoms with Gasteiger partial charge in [0.2, 0.25) is 0 Å². The lowest BCUT2D eigenvalue weighted by atomic mass is 10.4. The van der Waals surface area contributed by atoms with Crippen molar-refractivity contribution in [3.05, 3.63) is 30.3 Å². The van der Waals surface area contributed by atoms with Crippen LogP contribution in [0.2, 0.25) is 18.8 Å². The van der Waals surface area contributed by atoms with Gasteiger partial charge in [-0.3, -0.25) is 0 Å². The summed E-state index contributed by atoms with van der Waals surface area (Å²) in [6, 6.07) is 9.87. The molecular formula is C9H13Cl3Si2. The van der Waals surface area contributed by atoms with E-state index < -0.39 is 14.1 Å². The van der Waals surface area contributed by atoms with Crippen LogP contribution in [0.25, 0.3) is 0 Å². The molecule has 0 aliphatic rings. The molecule has 1 rings (SSSR count). The van der Waals surface area contributed by atoms with E-state index in [0.29, 0.717) is 0 Å². The topological polar surface area (TPSA) is 0 Å². The molecule has 0 atom stereocenters. The molecule has 0 N–H and O–H groups in total. The summed E-state index contributed by atoms with van der Waals surface area (Å²) in [5, 5.41) is 1.06. The summed E-state index contributed by atoms with van der Waals surface area (Å²) in [6.07, 6.45) is 0. The molecule has 5 heteroatoms. The van der Waals surface area contributed by atoms with Gasteiger partial charge in [0, 0.05) is 0 Å². The van der Waals surface area contributed by atoms with Gasteiger partial charge in [-0.05, 0) is 10.9 Å². The Labute approximate surface area is 101 Å². The van der Waals surface area contributed by atoms with Crippen LogP contribution in [-0.4, -0.2) is 14.1 Å². The first-order valence-corrected chi connectivity index (χ1v) is 12.9. The van der Waals surface area contributed by atoms with Crippen LogP contribution in [0.4, 0.5) is 0 Å². The quantitative estimate of drug-likeness (QED) is 0.585. The lowest BCUT2D eigenvalue weighted by Gasteiger charge is -2.23. The van der Waals surface area contributed by atoms with Crippen molar-refractivity contribution >= 4 is 52.5 Å². The highest BCUT2D eigenvalue weighted by Crippen LogP contribution is 2.28. The largest absolute Gasteiger partial charge is 0.279 e. The Morgan fingerprint density at radius 2 is 1.50 bits per heavy atom. The van der Waals surface area contributed by atoms with E-state index in [1.54, 1.807) is 0 Å². The first kappa shape index (κ1) is 12.6. The molecule has 0 aromatic heterocycles. The minimum Gasteiger partial charge on any atom is -0.168 e. The van der Waals surface area contributed by atoms with Gasteiger partial charge < -0.3 is 0 Å². The Balaban J connectivity index is 2.86. The van der Waals surface area contributed by atoms with Gasteiger partial charge in [-0.1, -0.05) is 43.4 Å². The highest BCUT2D eigenvalue weighted by atomic mass is 35.7. The second kappa shape index (κ2) is 4.58. The number of hydrogen-bond acceptors (Lipinski definition) is 0. The summed E-state index contributed by atoms with van der Waals surface area (Å²) in [6.45, 7) is 1.81. The molecule has 0 aliphatic heterocycles. The third-order valence-corrected chi connectivity index (χ3v) is 13.1. The minimum atomic E-state index is -2.34. The summed E-state index contributed by atoms with van der Waals surface area (Å²) in [7, 11) is -1.71. The summed E-state index contributed by atoms with van der Waals surface area (Å²) >= 11 is 19.1. The van der Waals surface area contributed by atoms with E-state index in [1.165, 1.54) is 0 Å². The average molecular weight is 284 g/mol. The number of rotatable bonds is 3. The Hall–Kier alpha value is 0.524. The van der Waals surface area contributed by atoms with E-state index in [9.17, 15) is 0 Å². The molecule has 1 aromatic rings. The fourth-order valence-corrected chi connectivity index (χ4v) is 16.8. The van der Waals surface area contributed by atoms with Crippen molar-refractivity contribution in [2.75, 3.05) is 0 Å². The molecule has 0 saturated carbocycles. The molecule has 0 unspecified atom stereocenters. The Morgan fingerprint density at radius 1 is 1.00 bits per heavy atom. The van der Waals surface area contributed by atoms with Crippen LogP contribution in [0.5, 0.6) is 0 Å². The maximum Gasteiger partial charge on any atom is 0.279 e. The Kier molecular flexibility index (Phi) is 4.12. The predicted molar refractivity (Wildman–Crippen MR) is 71.7 cm³/mol. The van der Waals surface area contributed by atoms with E-state index in [2.05, 4.69) is 13.1 Å². The molecule has 0 aliphatic carbocycles. The summed E-state index contributed by atoms with van der Waals surface area (Å²) < 4.78 is 0. The van der Waals surface area contributed by atoms with Gasteiger partial charge in [-0.2, -0.15) is 11.1 Å². The molecule has 78 valence electrons. The van der Waals surface area contributed by atoms with E-state index >= 15 is 0 Å². The standard InChI is InChI=1S/C9H13Cl3Si2/c1-13(2,10)8-14(11,12)9-6-4-3-5-7-9/h3-7H,8H2,1-2H3. The van der Waals surface area contributed by atoms with Gasteiger partial charge in [0.05, 0.1) is 0 Å². The fraction of sp³-hybridized carbons (Fsp3) is 0.333. The van der Waals surface area contributed by atoms with Gasteiger partial charge in [0.1, 0.15) is 0 Å². The van der Waals surface area contributed by atoms with Crippen LogP contribution < -0.4 is 5.19 Å². The first-order valence-electron chi connectivity index (χ1n) is 4.43. The average Bonchev–Trinajstić information content (AvgIpc) is 2.01. The molecular weight excluding hydrogens is 271 g/mol.